The minimum Gasteiger partial charge on any atom is -0.462 e. The number of anilines is 1. The van der Waals surface area contributed by atoms with Gasteiger partial charge in [-0.15, -0.1) is 0 Å². The molecular weight excluding hydrogens is 465 g/mol. The summed E-state index contributed by atoms with van der Waals surface area (Å²) in [5.41, 5.74) is -1.04. The lowest BCUT2D eigenvalue weighted by atomic mass is 9.88. The predicted octanol–water partition coefficient (Wildman–Crippen LogP) is 3.86. The number of ether oxygens (including phenoxy) is 1. The highest BCUT2D eigenvalue weighted by Crippen LogP contribution is 2.36. The Kier molecular flexibility index (Phi) is 6.20. The molecule has 4 rings (SSSR count). The fraction of sp³-hybridized carbons (Fsp3) is 0.417. The van der Waals surface area contributed by atoms with Crippen LogP contribution in [0.15, 0.2) is 40.1 Å². The Morgan fingerprint density at radius 1 is 1.23 bits per heavy atom. The van der Waals surface area contributed by atoms with Gasteiger partial charge in [-0.05, 0) is 31.0 Å². The molecule has 2 aromatic heterocycles. The van der Waals surface area contributed by atoms with Crippen molar-refractivity contribution in [3.63, 3.8) is 0 Å². The van der Waals surface area contributed by atoms with E-state index in [0.717, 1.165) is 10.7 Å². The predicted molar refractivity (Wildman–Crippen MR) is 123 cm³/mol. The lowest BCUT2D eigenvalue weighted by Crippen LogP contribution is -2.39. The van der Waals surface area contributed by atoms with Crippen LogP contribution in [0.25, 0.3) is 10.8 Å². The van der Waals surface area contributed by atoms with Gasteiger partial charge in [-0.2, -0.15) is 18.3 Å². The van der Waals surface area contributed by atoms with Gasteiger partial charge in [-0.3, -0.25) is 14.4 Å². The normalized spacial score (nSPS) is 18.7. The largest absolute Gasteiger partial charge is 0.462 e. The second-order valence-corrected chi connectivity index (χ2v) is 8.86. The highest BCUT2D eigenvalue weighted by molar-refractivity contribution is 5.90. The van der Waals surface area contributed by atoms with E-state index in [4.69, 9.17) is 4.74 Å². The zero-order valence-corrected chi connectivity index (χ0v) is 19.6. The molecule has 0 amide bonds. The highest BCUT2D eigenvalue weighted by atomic mass is 19.4. The molecule has 1 aromatic carbocycles. The molecule has 0 aliphatic heterocycles. The van der Waals surface area contributed by atoms with Crippen LogP contribution in [-0.2, 0) is 22.8 Å². The molecule has 0 saturated heterocycles. The summed E-state index contributed by atoms with van der Waals surface area (Å²) in [6, 6.07) is 4.43. The summed E-state index contributed by atoms with van der Waals surface area (Å²) in [5, 5.41) is 7.93. The fourth-order valence-electron chi connectivity index (χ4n) is 4.54. The number of nitrogens with one attached hydrogen (secondary N) is 1. The van der Waals surface area contributed by atoms with Crippen molar-refractivity contribution in [1.29, 1.82) is 0 Å². The third kappa shape index (κ3) is 4.67. The summed E-state index contributed by atoms with van der Waals surface area (Å²) in [5.74, 6) is -0.131. The monoisotopic (exact) mass is 490 g/mol. The molecule has 186 valence electrons. The third-order valence-electron chi connectivity index (χ3n) is 6.41. The SMILES string of the molecule is CC(=O)OC1CC(n2cc3c(N[C@H](C)c4cccc(C(F)(F)F)c4C)nn(C)c(=O)c3cc2=O)C1. The third-order valence-corrected chi connectivity index (χ3v) is 6.41. The molecule has 1 aliphatic carbocycles. The van der Waals surface area contributed by atoms with Gasteiger partial charge in [0, 0.05) is 50.5 Å². The zero-order valence-electron chi connectivity index (χ0n) is 19.6. The van der Waals surface area contributed by atoms with E-state index >= 15 is 0 Å². The number of esters is 1. The number of pyridine rings is 1. The van der Waals surface area contributed by atoms with Gasteiger partial charge in [-0.25, -0.2) is 4.68 Å². The lowest BCUT2D eigenvalue weighted by molar-refractivity contribution is -0.152. The molecule has 1 saturated carbocycles. The van der Waals surface area contributed by atoms with Crippen molar-refractivity contribution in [2.24, 2.45) is 7.05 Å². The molecule has 35 heavy (non-hydrogen) atoms. The Bertz CT molecular complexity index is 1420. The van der Waals surface area contributed by atoms with Crippen LogP contribution in [0.3, 0.4) is 0 Å². The standard InChI is InChI=1S/C24H25F3N4O4/c1-12-17(6-5-7-20(12)24(25,26)27)13(2)28-22-19-11-31(15-8-16(9-15)35-14(3)32)21(33)10-18(19)23(34)30(4)29-22/h5-7,10-11,13,15-16H,8-9H2,1-4H3,(H,28,29)/t13-,15?,16?/m1/s1. The maximum atomic E-state index is 13.4. The lowest BCUT2D eigenvalue weighted by Gasteiger charge is -2.35. The summed E-state index contributed by atoms with van der Waals surface area (Å²) in [6.07, 6.45) is -2.29. The molecule has 11 heteroatoms. The van der Waals surface area contributed by atoms with E-state index in [1.165, 1.54) is 43.8 Å². The van der Waals surface area contributed by atoms with Gasteiger partial charge in [0.25, 0.3) is 11.1 Å². The summed E-state index contributed by atoms with van der Waals surface area (Å²) >= 11 is 0. The van der Waals surface area contributed by atoms with E-state index in [9.17, 15) is 27.6 Å². The summed E-state index contributed by atoms with van der Waals surface area (Å²) < 4.78 is 47.9. The summed E-state index contributed by atoms with van der Waals surface area (Å²) in [7, 11) is 1.44. The zero-order chi connectivity index (χ0) is 25.7. The fourth-order valence-corrected chi connectivity index (χ4v) is 4.54. The molecule has 0 spiro atoms. The van der Waals surface area contributed by atoms with Gasteiger partial charge in [0.2, 0.25) is 0 Å². The first-order chi connectivity index (χ1) is 16.4. The van der Waals surface area contributed by atoms with Gasteiger partial charge >= 0.3 is 12.1 Å². The van der Waals surface area contributed by atoms with E-state index in [0.29, 0.717) is 23.8 Å². The van der Waals surface area contributed by atoms with Gasteiger partial charge in [0.05, 0.1) is 17.0 Å². The number of benzene rings is 1. The second-order valence-electron chi connectivity index (χ2n) is 8.86. The van der Waals surface area contributed by atoms with Gasteiger partial charge in [0.15, 0.2) is 5.82 Å². The van der Waals surface area contributed by atoms with E-state index in [2.05, 4.69) is 10.4 Å². The molecule has 0 bridgehead atoms. The van der Waals surface area contributed by atoms with Crippen LogP contribution in [0, 0.1) is 6.92 Å². The number of carbonyl (C=O) groups excluding carboxylic acids is 1. The molecule has 3 aromatic rings. The van der Waals surface area contributed by atoms with E-state index < -0.39 is 29.3 Å². The number of hydrogen-bond acceptors (Lipinski definition) is 6. The average Bonchev–Trinajstić information content (AvgIpc) is 2.73. The van der Waals surface area contributed by atoms with Crippen molar-refractivity contribution in [1.82, 2.24) is 14.3 Å². The van der Waals surface area contributed by atoms with Crippen molar-refractivity contribution in [3.05, 3.63) is 67.9 Å². The Balaban J connectivity index is 1.73. The minimum atomic E-state index is -4.48. The molecule has 1 N–H and O–H groups in total. The van der Waals surface area contributed by atoms with Crippen molar-refractivity contribution in [2.45, 2.75) is 58.0 Å². The number of alkyl halides is 3. The number of aromatic nitrogens is 3. The average molecular weight is 490 g/mol. The molecule has 8 nitrogen and oxygen atoms in total. The summed E-state index contributed by atoms with van der Waals surface area (Å²) in [6.45, 7) is 4.44. The smallest absolute Gasteiger partial charge is 0.416 e. The number of fused-ring (bicyclic) bond motifs is 1. The van der Waals surface area contributed by atoms with E-state index in [1.54, 1.807) is 13.0 Å². The molecular formula is C24H25F3N4O4. The van der Waals surface area contributed by atoms with Crippen LogP contribution in [0.2, 0.25) is 0 Å². The van der Waals surface area contributed by atoms with E-state index in [1.807, 2.05) is 0 Å². The molecule has 1 fully saturated rings. The number of nitrogens with zero attached hydrogens (tertiary/aromatic N) is 3. The first-order valence-corrected chi connectivity index (χ1v) is 11.1. The van der Waals surface area contributed by atoms with Crippen LogP contribution >= 0.6 is 0 Å². The van der Waals surface area contributed by atoms with Gasteiger partial charge in [-0.1, -0.05) is 12.1 Å². The van der Waals surface area contributed by atoms with Gasteiger partial charge in [0.1, 0.15) is 6.10 Å². The number of hydrogen-bond donors (Lipinski definition) is 1. The van der Waals surface area contributed by atoms with Crippen molar-refractivity contribution in [2.75, 3.05) is 5.32 Å². The quantitative estimate of drug-likeness (QED) is 0.546. The number of rotatable bonds is 5. The Morgan fingerprint density at radius 3 is 2.54 bits per heavy atom. The topological polar surface area (TPSA) is 95.2 Å². The maximum Gasteiger partial charge on any atom is 0.416 e. The van der Waals surface area contributed by atoms with Gasteiger partial charge < -0.3 is 14.6 Å². The molecule has 2 heterocycles. The van der Waals surface area contributed by atoms with E-state index in [-0.39, 0.29) is 34.5 Å². The van der Waals surface area contributed by atoms with Crippen LogP contribution < -0.4 is 16.4 Å². The van der Waals surface area contributed by atoms with Crippen molar-refractivity contribution < 1.29 is 22.7 Å². The number of halogens is 3. The first-order valence-electron chi connectivity index (χ1n) is 11.1. The maximum absolute atomic E-state index is 13.4. The van der Waals surface area contributed by atoms with Crippen LogP contribution in [0.5, 0.6) is 0 Å². The molecule has 0 radical (unpaired) electrons. The number of carbonyl (C=O) groups is 1. The molecule has 1 aliphatic rings. The van der Waals surface area contributed by atoms with Crippen LogP contribution in [0.4, 0.5) is 19.0 Å². The summed E-state index contributed by atoms with van der Waals surface area (Å²) in [4.78, 5) is 36.6. The highest BCUT2D eigenvalue weighted by Gasteiger charge is 2.34. The van der Waals surface area contributed by atoms with Crippen LogP contribution in [0.1, 0.15) is 55.5 Å². The Labute approximate surface area is 198 Å². The Hall–Kier alpha value is -3.63. The number of aryl methyl sites for hydroxylation is 1. The minimum absolute atomic E-state index is 0.0945. The second kappa shape index (κ2) is 8.86. The van der Waals surface area contributed by atoms with Crippen molar-refractivity contribution >= 4 is 22.6 Å². The van der Waals surface area contributed by atoms with Crippen molar-refractivity contribution in [3.8, 4) is 0 Å². The molecule has 1 atom stereocenters. The molecule has 0 unspecified atom stereocenters. The Morgan fingerprint density at radius 2 is 1.91 bits per heavy atom. The first kappa shape index (κ1) is 24.5. The van der Waals surface area contributed by atoms with Crippen LogP contribution in [-0.4, -0.2) is 26.4 Å².